The molecule has 2 nitrogen and oxygen atoms in total. The number of anilines is 1. The van der Waals surface area contributed by atoms with Crippen LogP contribution in [0.25, 0.3) is 0 Å². The zero-order valence-electron chi connectivity index (χ0n) is 10.3. The van der Waals surface area contributed by atoms with Crippen molar-refractivity contribution < 1.29 is 5.11 Å². The topological polar surface area (TPSA) is 32.3 Å². The molecule has 0 saturated heterocycles. The molecule has 0 fully saturated rings. The molecule has 0 amide bonds. The summed E-state index contributed by atoms with van der Waals surface area (Å²) in [5, 5.41) is 11.9. The van der Waals surface area contributed by atoms with Crippen LogP contribution < -0.4 is 5.32 Å². The van der Waals surface area contributed by atoms with Crippen LogP contribution in [0.2, 0.25) is 0 Å². The van der Waals surface area contributed by atoms with E-state index in [0.717, 1.165) is 5.69 Å². The Kier molecular flexibility index (Phi) is 3.40. The van der Waals surface area contributed by atoms with Crippen LogP contribution in [-0.2, 0) is 5.41 Å². The third-order valence-electron chi connectivity index (χ3n) is 2.65. The quantitative estimate of drug-likeness (QED) is 0.731. The van der Waals surface area contributed by atoms with Crippen molar-refractivity contribution in [1.82, 2.24) is 0 Å². The minimum atomic E-state index is -0.0173. The van der Waals surface area contributed by atoms with Gasteiger partial charge in [-0.25, -0.2) is 0 Å². The lowest BCUT2D eigenvalue weighted by molar-refractivity contribution is 0.325. The minimum absolute atomic E-state index is 0.0173. The number of nitrogens with one attached hydrogen (secondary N) is 1. The maximum absolute atomic E-state index is 8.89. The first-order valence-electron chi connectivity index (χ1n) is 5.32. The molecule has 2 heteroatoms. The van der Waals surface area contributed by atoms with E-state index in [-0.39, 0.29) is 12.1 Å². The van der Waals surface area contributed by atoms with Gasteiger partial charge in [-0.1, -0.05) is 32.9 Å². The van der Waals surface area contributed by atoms with Crippen LogP contribution >= 0.6 is 0 Å². The first-order chi connectivity index (χ1) is 6.86. The monoisotopic (exact) mass is 207 g/mol. The molecular weight excluding hydrogens is 186 g/mol. The summed E-state index contributed by atoms with van der Waals surface area (Å²) in [5.41, 5.74) is 4.93. The maximum atomic E-state index is 8.89. The van der Waals surface area contributed by atoms with E-state index in [1.807, 2.05) is 0 Å². The summed E-state index contributed by atoms with van der Waals surface area (Å²) < 4.78 is 0. The third kappa shape index (κ3) is 2.72. The second-order valence-corrected chi connectivity index (χ2v) is 5.07. The predicted octanol–water partition coefficient (Wildman–Crippen LogP) is 2.96. The molecule has 0 radical (unpaired) electrons. The summed E-state index contributed by atoms with van der Waals surface area (Å²) in [4.78, 5) is 0. The van der Waals surface area contributed by atoms with E-state index in [2.05, 4.69) is 52.1 Å². The van der Waals surface area contributed by atoms with Gasteiger partial charge in [-0.15, -0.1) is 0 Å². The highest BCUT2D eigenvalue weighted by Gasteiger charge is 2.15. The van der Waals surface area contributed by atoms with E-state index in [4.69, 9.17) is 5.11 Å². The molecule has 1 rings (SSSR count). The first kappa shape index (κ1) is 12.1. The second-order valence-electron chi connectivity index (χ2n) is 5.07. The average Bonchev–Trinajstić information content (AvgIpc) is 2.09. The van der Waals surface area contributed by atoms with Crippen LogP contribution in [0.1, 0.15) is 37.5 Å². The lowest BCUT2D eigenvalue weighted by Crippen LogP contribution is -2.13. The van der Waals surface area contributed by atoms with Crippen molar-refractivity contribution in [2.75, 3.05) is 12.0 Å². The molecular formula is C13H21NO. The van der Waals surface area contributed by atoms with Gasteiger partial charge in [0.2, 0.25) is 0 Å². The van der Waals surface area contributed by atoms with E-state index in [1.165, 1.54) is 16.7 Å². The molecule has 1 aromatic carbocycles. The number of hydrogen-bond acceptors (Lipinski definition) is 2. The molecule has 0 aliphatic carbocycles. The van der Waals surface area contributed by atoms with E-state index < -0.39 is 0 Å². The van der Waals surface area contributed by atoms with Crippen molar-refractivity contribution in [2.24, 2.45) is 0 Å². The van der Waals surface area contributed by atoms with Crippen molar-refractivity contribution in [1.29, 1.82) is 0 Å². The normalized spacial score (nSPS) is 11.6. The smallest absolute Gasteiger partial charge is 0.113 e. The Balaban J connectivity index is 3.19. The van der Waals surface area contributed by atoms with Crippen molar-refractivity contribution >= 4 is 5.69 Å². The highest BCUT2D eigenvalue weighted by atomic mass is 16.3. The molecule has 0 atom stereocenters. The lowest BCUT2D eigenvalue weighted by atomic mass is 9.85. The van der Waals surface area contributed by atoms with E-state index in [0.29, 0.717) is 0 Å². The molecule has 0 spiro atoms. The van der Waals surface area contributed by atoms with Crippen LogP contribution in [0.4, 0.5) is 5.69 Å². The van der Waals surface area contributed by atoms with Gasteiger partial charge in [0.15, 0.2) is 0 Å². The fraction of sp³-hybridized carbons (Fsp3) is 0.538. The molecule has 1 aromatic rings. The van der Waals surface area contributed by atoms with Crippen LogP contribution in [0, 0.1) is 13.8 Å². The Bertz CT molecular complexity index is 327. The number of aryl methyl sites for hydroxylation is 2. The van der Waals surface area contributed by atoms with Gasteiger partial charge in [0.1, 0.15) is 6.73 Å². The van der Waals surface area contributed by atoms with Gasteiger partial charge in [0, 0.05) is 5.69 Å². The third-order valence-corrected chi connectivity index (χ3v) is 2.65. The number of rotatable bonds is 2. The summed E-state index contributed by atoms with van der Waals surface area (Å²) in [7, 11) is 0. The van der Waals surface area contributed by atoms with E-state index in [1.54, 1.807) is 0 Å². The van der Waals surface area contributed by atoms with E-state index in [9.17, 15) is 0 Å². The van der Waals surface area contributed by atoms with Gasteiger partial charge >= 0.3 is 0 Å². The number of hydrogen-bond donors (Lipinski definition) is 2. The molecule has 0 saturated carbocycles. The Labute approximate surface area is 92.3 Å². The SMILES string of the molecule is Cc1cc(C(C)(C)C)cc(C)c1NCO. The van der Waals surface area contributed by atoms with Crippen LogP contribution in [0.5, 0.6) is 0 Å². The zero-order valence-corrected chi connectivity index (χ0v) is 10.3. The van der Waals surface area contributed by atoms with Gasteiger partial charge in [0.05, 0.1) is 0 Å². The summed E-state index contributed by atoms with van der Waals surface area (Å²) in [6.07, 6.45) is 0. The van der Waals surface area contributed by atoms with Crippen molar-refractivity contribution in [3.05, 3.63) is 28.8 Å². The van der Waals surface area contributed by atoms with Gasteiger partial charge in [-0.3, -0.25) is 0 Å². The van der Waals surface area contributed by atoms with Crippen molar-refractivity contribution in [3.8, 4) is 0 Å². The Morgan fingerprint density at radius 1 is 1.13 bits per heavy atom. The summed E-state index contributed by atoms with van der Waals surface area (Å²) >= 11 is 0. The molecule has 15 heavy (non-hydrogen) atoms. The van der Waals surface area contributed by atoms with Gasteiger partial charge < -0.3 is 10.4 Å². The largest absolute Gasteiger partial charge is 0.377 e. The van der Waals surface area contributed by atoms with Crippen LogP contribution in [0.15, 0.2) is 12.1 Å². The molecule has 0 bridgehead atoms. The number of benzene rings is 1. The summed E-state index contributed by atoms with van der Waals surface area (Å²) in [6.45, 7) is 10.7. The molecule has 0 aliphatic rings. The Morgan fingerprint density at radius 2 is 1.60 bits per heavy atom. The van der Waals surface area contributed by atoms with Gasteiger partial charge in [-0.05, 0) is 36.0 Å². The second kappa shape index (κ2) is 4.23. The zero-order chi connectivity index (χ0) is 11.6. The van der Waals surface area contributed by atoms with Gasteiger partial charge in [0.25, 0.3) is 0 Å². The van der Waals surface area contributed by atoms with Crippen molar-refractivity contribution in [2.45, 2.75) is 40.0 Å². The highest BCUT2D eigenvalue weighted by molar-refractivity contribution is 5.58. The molecule has 84 valence electrons. The Hall–Kier alpha value is -1.02. The highest BCUT2D eigenvalue weighted by Crippen LogP contribution is 2.29. The van der Waals surface area contributed by atoms with Gasteiger partial charge in [-0.2, -0.15) is 0 Å². The fourth-order valence-electron chi connectivity index (χ4n) is 1.75. The standard InChI is InChI=1S/C13H21NO/c1-9-6-11(13(3,4)5)7-10(2)12(9)14-8-15/h6-7,14-15H,8H2,1-5H3. The summed E-state index contributed by atoms with van der Waals surface area (Å²) in [6, 6.07) is 4.37. The molecule has 0 unspecified atom stereocenters. The predicted molar refractivity (Wildman–Crippen MR) is 65.3 cm³/mol. The lowest BCUT2D eigenvalue weighted by Gasteiger charge is -2.22. The fourth-order valence-corrected chi connectivity index (χ4v) is 1.75. The molecule has 0 aliphatic heterocycles. The van der Waals surface area contributed by atoms with Crippen LogP contribution in [0.3, 0.4) is 0 Å². The van der Waals surface area contributed by atoms with Crippen molar-refractivity contribution in [3.63, 3.8) is 0 Å². The maximum Gasteiger partial charge on any atom is 0.113 e. The molecule has 0 aromatic heterocycles. The molecule has 0 heterocycles. The Morgan fingerprint density at radius 3 is 1.93 bits per heavy atom. The molecule has 2 N–H and O–H groups in total. The van der Waals surface area contributed by atoms with Crippen LogP contribution in [-0.4, -0.2) is 11.8 Å². The average molecular weight is 207 g/mol. The summed E-state index contributed by atoms with van der Waals surface area (Å²) in [5.74, 6) is 0. The first-order valence-corrected chi connectivity index (χ1v) is 5.32. The number of aliphatic hydroxyl groups is 1. The number of aliphatic hydroxyl groups excluding tert-OH is 1. The van der Waals surface area contributed by atoms with E-state index >= 15 is 0 Å². The minimum Gasteiger partial charge on any atom is -0.377 e.